The highest BCUT2D eigenvalue weighted by Gasteiger charge is 2.27. The number of carbonyl (C=O) groups excluding carboxylic acids is 1. The number of carbonyl (C=O) groups is 1. The summed E-state index contributed by atoms with van der Waals surface area (Å²) in [5, 5.41) is 4.11. The van der Waals surface area contributed by atoms with E-state index in [9.17, 15) is 4.79 Å². The number of benzene rings is 1. The van der Waals surface area contributed by atoms with E-state index >= 15 is 0 Å². The number of aryl methyl sites for hydroxylation is 1. The van der Waals surface area contributed by atoms with Gasteiger partial charge in [0.2, 0.25) is 5.91 Å². The number of rotatable bonds is 5. The number of nitrogens with one attached hydrogen (secondary N) is 1. The average molecular weight is 369 g/mol. The lowest BCUT2D eigenvalue weighted by Crippen LogP contribution is -2.43. The number of hydrogen-bond donors (Lipinski definition) is 1. The van der Waals surface area contributed by atoms with Crippen molar-refractivity contribution in [1.29, 1.82) is 0 Å². The molecule has 1 aliphatic heterocycles. The molecule has 1 unspecified atom stereocenters. The Kier molecular flexibility index (Phi) is 4.88. The van der Waals surface area contributed by atoms with Crippen LogP contribution in [0.25, 0.3) is 10.2 Å². The minimum absolute atomic E-state index is 0.0275. The molecule has 2 aromatic heterocycles. The van der Waals surface area contributed by atoms with Crippen LogP contribution in [-0.4, -0.2) is 40.1 Å². The lowest BCUT2D eigenvalue weighted by Gasteiger charge is -2.31. The van der Waals surface area contributed by atoms with Crippen LogP contribution in [0.15, 0.2) is 36.7 Å². The number of aromatic nitrogens is 3. The van der Waals surface area contributed by atoms with Gasteiger partial charge in [0.15, 0.2) is 5.13 Å². The molecule has 0 saturated carbocycles. The molecule has 0 spiro atoms. The minimum atomic E-state index is 0.0275. The van der Waals surface area contributed by atoms with Crippen molar-refractivity contribution in [3.63, 3.8) is 0 Å². The van der Waals surface area contributed by atoms with Gasteiger partial charge in [-0.15, -0.1) is 0 Å². The van der Waals surface area contributed by atoms with Gasteiger partial charge in [-0.3, -0.25) is 4.79 Å². The van der Waals surface area contributed by atoms with E-state index in [1.807, 2.05) is 31.3 Å². The second-order valence-corrected chi connectivity index (χ2v) is 7.72. The smallest absolute Gasteiger partial charge is 0.224 e. The van der Waals surface area contributed by atoms with Crippen LogP contribution in [-0.2, 0) is 11.3 Å². The van der Waals surface area contributed by atoms with Crippen molar-refractivity contribution in [2.75, 3.05) is 24.5 Å². The van der Waals surface area contributed by atoms with Crippen LogP contribution in [0.4, 0.5) is 5.13 Å². The van der Waals surface area contributed by atoms with Gasteiger partial charge in [-0.25, -0.2) is 9.97 Å². The molecule has 26 heavy (non-hydrogen) atoms. The first kappa shape index (κ1) is 17.0. The number of piperidine rings is 1. The highest BCUT2D eigenvalue weighted by Crippen LogP contribution is 2.31. The minimum Gasteiger partial charge on any atom is -0.354 e. The number of thiazole rings is 1. The highest BCUT2D eigenvalue weighted by molar-refractivity contribution is 7.22. The Morgan fingerprint density at radius 3 is 3.08 bits per heavy atom. The van der Waals surface area contributed by atoms with Crippen molar-refractivity contribution in [3.8, 4) is 0 Å². The van der Waals surface area contributed by atoms with Gasteiger partial charge in [-0.1, -0.05) is 23.5 Å². The van der Waals surface area contributed by atoms with Crippen molar-refractivity contribution in [1.82, 2.24) is 19.9 Å². The predicted molar refractivity (Wildman–Crippen MR) is 105 cm³/mol. The molecule has 1 aromatic carbocycles. The molecule has 6 nitrogen and oxygen atoms in total. The molecule has 4 rings (SSSR count). The van der Waals surface area contributed by atoms with Gasteiger partial charge in [0.25, 0.3) is 0 Å². The van der Waals surface area contributed by atoms with Crippen molar-refractivity contribution in [2.24, 2.45) is 5.92 Å². The summed E-state index contributed by atoms with van der Waals surface area (Å²) in [6, 6.07) is 8.20. The molecule has 3 heterocycles. The fraction of sp³-hybridized carbons (Fsp3) is 0.421. The van der Waals surface area contributed by atoms with Gasteiger partial charge in [-0.05, 0) is 31.9 Å². The number of para-hydroxylation sites is 1. The first-order chi connectivity index (χ1) is 12.7. The maximum absolute atomic E-state index is 12.6. The third kappa shape index (κ3) is 3.58. The van der Waals surface area contributed by atoms with Gasteiger partial charge in [0.1, 0.15) is 5.82 Å². The molecule has 0 radical (unpaired) electrons. The van der Waals surface area contributed by atoms with Crippen molar-refractivity contribution < 1.29 is 4.79 Å². The highest BCUT2D eigenvalue weighted by atomic mass is 32.1. The fourth-order valence-corrected chi connectivity index (χ4v) is 4.44. The van der Waals surface area contributed by atoms with Gasteiger partial charge < -0.3 is 14.8 Å². The van der Waals surface area contributed by atoms with Crippen LogP contribution >= 0.6 is 11.3 Å². The Balaban J connectivity index is 1.35. The van der Waals surface area contributed by atoms with Gasteiger partial charge >= 0.3 is 0 Å². The summed E-state index contributed by atoms with van der Waals surface area (Å²) in [7, 11) is 0. The molecule has 0 aliphatic carbocycles. The first-order valence-corrected chi connectivity index (χ1v) is 9.88. The fourth-order valence-electron chi connectivity index (χ4n) is 3.44. The third-order valence-corrected chi connectivity index (χ3v) is 6.02. The Hall–Kier alpha value is -2.41. The zero-order valence-corrected chi connectivity index (χ0v) is 15.7. The van der Waals surface area contributed by atoms with Crippen LogP contribution in [0.2, 0.25) is 0 Å². The number of amides is 1. The molecule has 136 valence electrons. The summed E-state index contributed by atoms with van der Waals surface area (Å²) in [5.74, 6) is 1.15. The SMILES string of the molecule is Cc1nccn1CCNC(=O)C1CCCN(c2nc3ccccc3s2)C1. The van der Waals surface area contributed by atoms with Crippen molar-refractivity contribution in [2.45, 2.75) is 26.3 Å². The lowest BCUT2D eigenvalue weighted by molar-refractivity contribution is -0.125. The van der Waals surface area contributed by atoms with E-state index in [1.165, 1.54) is 4.70 Å². The van der Waals surface area contributed by atoms with Crippen LogP contribution in [0.1, 0.15) is 18.7 Å². The summed E-state index contributed by atoms with van der Waals surface area (Å²) in [6.45, 7) is 5.08. The van der Waals surface area contributed by atoms with Crippen molar-refractivity contribution >= 4 is 32.6 Å². The molecule has 3 aromatic rings. The molecular weight excluding hydrogens is 346 g/mol. The Bertz CT molecular complexity index is 869. The lowest BCUT2D eigenvalue weighted by atomic mass is 9.97. The van der Waals surface area contributed by atoms with Crippen LogP contribution in [0, 0.1) is 12.8 Å². The van der Waals surface area contributed by atoms with E-state index < -0.39 is 0 Å². The molecule has 1 aliphatic rings. The van der Waals surface area contributed by atoms with Crippen LogP contribution in [0.3, 0.4) is 0 Å². The van der Waals surface area contributed by atoms with Gasteiger partial charge in [0, 0.05) is 38.6 Å². The van der Waals surface area contributed by atoms with E-state index in [1.54, 1.807) is 17.5 Å². The van der Waals surface area contributed by atoms with Gasteiger partial charge in [-0.2, -0.15) is 0 Å². The van der Waals surface area contributed by atoms with E-state index in [4.69, 9.17) is 4.98 Å². The maximum atomic E-state index is 12.6. The monoisotopic (exact) mass is 369 g/mol. The second-order valence-electron chi connectivity index (χ2n) is 6.71. The zero-order chi connectivity index (χ0) is 17.9. The van der Waals surface area contributed by atoms with Crippen LogP contribution < -0.4 is 10.2 Å². The maximum Gasteiger partial charge on any atom is 0.224 e. The van der Waals surface area contributed by atoms with E-state index in [0.717, 1.165) is 48.9 Å². The molecule has 0 bridgehead atoms. The first-order valence-electron chi connectivity index (χ1n) is 9.06. The largest absolute Gasteiger partial charge is 0.354 e. The summed E-state index contributed by atoms with van der Waals surface area (Å²) in [6.07, 6.45) is 5.69. The number of fused-ring (bicyclic) bond motifs is 1. The van der Waals surface area contributed by atoms with E-state index in [0.29, 0.717) is 6.54 Å². The summed E-state index contributed by atoms with van der Waals surface area (Å²) in [5.41, 5.74) is 1.04. The zero-order valence-electron chi connectivity index (χ0n) is 14.9. The second kappa shape index (κ2) is 7.45. The van der Waals surface area contributed by atoms with Crippen LogP contribution in [0.5, 0.6) is 0 Å². The molecule has 1 N–H and O–H groups in total. The average Bonchev–Trinajstić information content (AvgIpc) is 3.28. The van der Waals surface area contributed by atoms with Crippen molar-refractivity contribution in [3.05, 3.63) is 42.5 Å². The molecule has 1 fully saturated rings. The molecule has 1 amide bonds. The summed E-state index contributed by atoms with van der Waals surface area (Å²) < 4.78 is 3.25. The summed E-state index contributed by atoms with van der Waals surface area (Å²) >= 11 is 1.71. The molecule has 7 heteroatoms. The molecule has 1 saturated heterocycles. The predicted octanol–water partition coefficient (Wildman–Crippen LogP) is 2.83. The topological polar surface area (TPSA) is 63.1 Å². The summed E-state index contributed by atoms with van der Waals surface area (Å²) in [4.78, 5) is 23.8. The Morgan fingerprint density at radius 2 is 2.27 bits per heavy atom. The number of nitrogens with zero attached hydrogens (tertiary/aromatic N) is 4. The Labute approximate surface area is 156 Å². The normalized spacial score (nSPS) is 17.6. The number of anilines is 1. The number of hydrogen-bond acceptors (Lipinski definition) is 5. The molecular formula is C19H23N5OS. The third-order valence-electron chi connectivity index (χ3n) is 4.92. The Morgan fingerprint density at radius 1 is 1.38 bits per heavy atom. The van der Waals surface area contributed by atoms with E-state index in [2.05, 4.69) is 25.8 Å². The standard InChI is InChI=1S/C19H23N5OS/c1-14-20-8-11-23(14)12-9-21-18(25)15-5-4-10-24(13-15)19-22-16-6-2-3-7-17(16)26-19/h2-3,6-8,11,15H,4-5,9-10,12-13H2,1H3,(H,21,25). The quantitative estimate of drug-likeness (QED) is 0.751. The van der Waals surface area contributed by atoms with Gasteiger partial charge in [0.05, 0.1) is 16.1 Å². The number of imidazole rings is 1. The van der Waals surface area contributed by atoms with E-state index in [-0.39, 0.29) is 11.8 Å². The molecule has 1 atom stereocenters.